The van der Waals surface area contributed by atoms with Crippen LogP contribution in [0.1, 0.15) is 17.4 Å². The number of aryl methyl sites for hydroxylation is 1. The Morgan fingerprint density at radius 1 is 1.13 bits per heavy atom. The Balaban J connectivity index is 2.44. The summed E-state index contributed by atoms with van der Waals surface area (Å²) < 4.78 is 30.2. The smallest absolute Gasteiger partial charge is 0.279 e. The van der Waals surface area contributed by atoms with Gasteiger partial charge in [0.2, 0.25) is 0 Å². The van der Waals surface area contributed by atoms with Gasteiger partial charge < -0.3 is 9.47 Å². The molecular weight excluding hydrogens is 314 g/mol. The lowest BCUT2D eigenvalue weighted by Crippen LogP contribution is -2.39. The van der Waals surface area contributed by atoms with Crippen molar-refractivity contribution in [3.05, 3.63) is 48.0 Å². The summed E-state index contributed by atoms with van der Waals surface area (Å²) in [4.78, 5) is 6.29. The average Bonchev–Trinajstić information content (AvgIpc) is 2.91. The van der Waals surface area contributed by atoms with Crippen LogP contribution in [0.3, 0.4) is 0 Å². The van der Waals surface area contributed by atoms with Crippen LogP contribution in [-0.2, 0) is 17.3 Å². The molecule has 0 amide bonds. The summed E-state index contributed by atoms with van der Waals surface area (Å²) in [5.41, 5.74) is 1.87. The SMILES string of the molecule is CN(C)c1ccc(C(NS(=O)(=O)N(C)C)c2nccn2C)cc1. The lowest BCUT2D eigenvalue weighted by Gasteiger charge is -2.22. The third-order valence-corrected chi connectivity index (χ3v) is 5.10. The van der Waals surface area contributed by atoms with Crippen molar-refractivity contribution < 1.29 is 8.42 Å². The van der Waals surface area contributed by atoms with E-state index in [4.69, 9.17) is 0 Å². The summed E-state index contributed by atoms with van der Waals surface area (Å²) in [6.07, 6.45) is 3.45. The number of rotatable bonds is 6. The van der Waals surface area contributed by atoms with Gasteiger partial charge in [0.05, 0.1) is 0 Å². The summed E-state index contributed by atoms with van der Waals surface area (Å²) in [5.74, 6) is 0.632. The molecule has 1 unspecified atom stereocenters. The molecule has 0 radical (unpaired) electrons. The van der Waals surface area contributed by atoms with E-state index in [-0.39, 0.29) is 0 Å². The second-order valence-corrected chi connectivity index (χ2v) is 7.64. The van der Waals surface area contributed by atoms with Crippen LogP contribution in [0.25, 0.3) is 0 Å². The number of hydrogen-bond donors (Lipinski definition) is 1. The highest BCUT2D eigenvalue weighted by Crippen LogP contribution is 2.24. The van der Waals surface area contributed by atoms with Crippen molar-refractivity contribution in [1.29, 1.82) is 0 Å². The van der Waals surface area contributed by atoms with Gasteiger partial charge in [-0.1, -0.05) is 12.1 Å². The molecule has 2 rings (SSSR count). The molecule has 7 nitrogen and oxygen atoms in total. The second kappa shape index (κ2) is 6.69. The molecular formula is C15H23N5O2S. The van der Waals surface area contributed by atoms with Crippen molar-refractivity contribution in [3.8, 4) is 0 Å². The Morgan fingerprint density at radius 2 is 1.74 bits per heavy atom. The fourth-order valence-corrected chi connectivity index (χ4v) is 2.89. The third-order valence-electron chi connectivity index (χ3n) is 3.61. The Kier molecular flexibility index (Phi) is 5.08. The molecule has 1 heterocycles. The van der Waals surface area contributed by atoms with Gasteiger partial charge >= 0.3 is 0 Å². The van der Waals surface area contributed by atoms with Crippen LogP contribution < -0.4 is 9.62 Å². The van der Waals surface area contributed by atoms with Gasteiger partial charge in [0.1, 0.15) is 11.9 Å². The van der Waals surface area contributed by atoms with Crippen LogP contribution in [0.2, 0.25) is 0 Å². The second-order valence-electron chi connectivity index (χ2n) is 5.72. The fraction of sp³-hybridized carbons (Fsp3) is 0.400. The molecule has 8 heteroatoms. The average molecular weight is 337 g/mol. The van der Waals surface area contributed by atoms with E-state index >= 15 is 0 Å². The maximum Gasteiger partial charge on any atom is 0.279 e. The van der Waals surface area contributed by atoms with Gasteiger partial charge in [0.25, 0.3) is 10.2 Å². The zero-order valence-corrected chi connectivity index (χ0v) is 14.9. The van der Waals surface area contributed by atoms with Crippen molar-refractivity contribution in [2.24, 2.45) is 7.05 Å². The number of imidazole rings is 1. The minimum atomic E-state index is -3.60. The molecule has 0 saturated carbocycles. The van der Waals surface area contributed by atoms with Crippen LogP contribution in [0.4, 0.5) is 5.69 Å². The first-order chi connectivity index (χ1) is 10.7. The maximum absolute atomic E-state index is 12.3. The summed E-state index contributed by atoms with van der Waals surface area (Å²) in [5, 5.41) is 0. The van der Waals surface area contributed by atoms with Gasteiger partial charge in [0.15, 0.2) is 0 Å². The lowest BCUT2D eigenvalue weighted by atomic mass is 10.1. The number of hydrogen-bond acceptors (Lipinski definition) is 4. The van der Waals surface area contributed by atoms with Crippen molar-refractivity contribution in [2.75, 3.05) is 33.1 Å². The molecule has 0 aliphatic heterocycles. The zero-order valence-electron chi connectivity index (χ0n) is 14.1. The highest BCUT2D eigenvalue weighted by atomic mass is 32.2. The van der Waals surface area contributed by atoms with Crippen molar-refractivity contribution in [2.45, 2.75) is 6.04 Å². The van der Waals surface area contributed by atoms with Crippen LogP contribution in [0, 0.1) is 0 Å². The Morgan fingerprint density at radius 3 is 2.17 bits per heavy atom. The first-order valence-electron chi connectivity index (χ1n) is 7.16. The van der Waals surface area contributed by atoms with Gasteiger partial charge in [0, 0.05) is 53.3 Å². The van der Waals surface area contributed by atoms with E-state index in [0.717, 1.165) is 15.6 Å². The lowest BCUT2D eigenvalue weighted by molar-refractivity contribution is 0.493. The number of nitrogens with one attached hydrogen (secondary N) is 1. The molecule has 1 atom stereocenters. The van der Waals surface area contributed by atoms with Crippen LogP contribution >= 0.6 is 0 Å². The van der Waals surface area contributed by atoms with E-state index in [0.29, 0.717) is 5.82 Å². The van der Waals surface area contributed by atoms with E-state index in [9.17, 15) is 8.42 Å². The molecule has 23 heavy (non-hydrogen) atoms. The first kappa shape index (κ1) is 17.5. The van der Waals surface area contributed by atoms with Gasteiger partial charge in [-0.3, -0.25) is 0 Å². The standard InChI is InChI=1S/C15H23N5O2S/c1-18(2)13-8-6-12(7-9-13)14(15-16-10-11-20(15)5)17-23(21,22)19(3)4/h6-11,14,17H,1-5H3. The van der Waals surface area contributed by atoms with E-state index in [1.54, 1.807) is 12.4 Å². The quantitative estimate of drug-likeness (QED) is 0.853. The molecule has 0 aliphatic carbocycles. The summed E-state index contributed by atoms with van der Waals surface area (Å²) in [6, 6.07) is 7.17. The van der Waals surface area contributed by atoms with Gasteiger partial charge in [-0.25, -0.2) is 4.98 Å². The molecule has 126 valence electrons. The van der Waals surface area contributed by atoms with Crippen molar-refractivity contribution >= 4 is 15.9 Å². The zero-order chi connectivity index (χ0) is 17.2. The minimum Gasteiger partial charge on any atom is -0.378 e. The molecule has 0 aliphatic rings. The Hall–Kier alpha value is -1.90. The maximum atomic E-state index is 12.3. The van der Waals surface area contributed by atoms with E-state index < -0.39 is 16.3 Å². The first-order valence-corrected chi connectivity index (χ1v) is 8.60. The number of nitrogens with zero attached hydrogens (tertiary/aromatic N) is 4. The molecule has 0 spiro atoms. The van der Waals surface area contributed by atoms with Gasteiger partial charge in [-0.15, -0.1) is 0 Å². The molecule has 0 bridgehead atoms. The highest BCUT2D eigenvalue weighted by molar-refractivity contribution is 7.87. The molecule has 0 saturated heterocycles. The van der Waals surface area contributed by atoms with Crippen molar-refractivity contribution in [3.63, 3.8) is 0 Å². The van der Waals surface area contributed by atoms with E-state index in [1.807, 2.05) is 54.9 Å². The molecule has 1 aromatic carbocycles. The fourth-order valence-electron chi connectivity index (χ4n) is 2.14. The number of benzene rings is 1. The predicted molar refractivity (Wildman–Crippen MR) is 91.6 cm³/mol. The predicted octanol–water partition coefficient (Wildman–Crippen LogP) is 0.971. The Labute approximate surface area is 137 Å². The van der Waals surface area contributed by atoms with Crippen LogP contribution in [0.5, 0.6) is 0 Å². The van der Waals surface area contributed by atoms with Crippen LogP contribution in [-0.4, -0.2) is 50.5 Å². The topological polar surface area (TPSA) is 70.5 Å². The summed E-state index contributed by atoms with van der Waals surface area (Å²) >= 11 is 0. The molecule has 2 aromatic rings. The molecule has 0 fully saturated rings. The monoisotopic (exact) mass is 337 g/mol. The molecule has 1 N–H and O–H groups in total. The van der Waals surface area contributed by atoms with E-state index in [2.05, 4.69) is 9.71 Å². The van der Waals surface area contributed by atoms with Crippen molar-refractivity contribution in [1.82, 2.24) is 18.6 Å². The minimum absolute atomic E-state index is 0.557. The third kappa shape index (κ3) is 3.90. The number of aromatic nitrogens is 2. The highest BCUT2D eigenvalue weighted by Gasteiger charge is 2.25. The molecule has 1 aromatic heterocycles. The number of anilines is 1. The van der Waals surface area contributed by atoms with Gasteiger partial charge in [-0.05, 0) is 17.7 Å². The summed E-state index contributed by atoms with van der Waals surface area (Å²) in [7, 11) is 5.15. The largest absolute Gasteiger partial charge is 0.378 e. The normalized spacial score (nSPS) is 13.3. The Bertz CT molecular complexity index is 750. The van der Waals surface area contributed by atoms with E-state index in [1.165, 1.54) is 14.1 Å². The van der Waals surface area contributed by atoms with Crippen LogP contribution in [0.15, 0.2) is 36.7 Å². The van der Waals surface area contributed by atoms with Gasteiger partial charge in [-0.2, -0.15) is 17.4 Å². The summed E-state index contributed by atoms with van der Waals surface area (Å²) in [6.45, 7) is 0.